The standard InChI is InChI=1S/C14H18F2N2O.C2HF3O2/c1-9(10-3-2-4-11(15)7-10)13(17)14(19)18-6-5-12(16)8-18;3-2(4,5)1(6)7/h2-4,7,9,12-13H,5-6,8,17H2,1H3;(H,6,7)/t9-,12-,13-;/m0./s1. The Morgan fingerprint density at radius 1 is 1.35 bits per heavy atom. The molecule has 0 spiro atoms. The normalized spacial score (nSPS) is 19.3. The Bertz CT molecular complexity index is 639. The number of nitrogens with two attached hydrogens (primary N) is 1. The zero-order chi connectivity index (χ0) is 20.1. The van der Waals surface area contributed by atoms with Crippen LogP contribution in [0.15, 0.2) is 24.3 Å². The molecule has 1 heterocycles. The summed E-state index contributed by atoms with van der Waals surface area (Å²) < 4.78 is 58.0. The monoisotopic (exact) mass is 382 g/mol. The minimum absolute atomic E-state index is 0.113. The van der Waals surface area contributed by atoms with Gasteiger partial charge in [-0.25, -0.2) is 13.6 Å². The molecule has 1 aliphatic rings. The van der Waals surface area contributed by atoms with E-state index in [1.54, 1.807) is 19.1 Å². The average Bonchev–Trinajstić information content (AvgIpc) is 2.99. The summed E-state index contributed by atoms with van der Waals surface area (Å²) in [6.45, 7) is 2.30. The zero-order valence-electron chi connectivity index (χ0n) is 13.8. The quantitative estimate of drug-likeness (QED) is 0.787. The summed E-state index contributed by atoms with van der Waals surface area (Å²) in [7, 11) is 0. The number of hydrogen-bond donors (Lipinski definition) is 2. The summed E-state index contributed by atoms with van der Waals surface area (Å²) in [6, 6.07) is 5.28. The fourth-order valence-electron chi connectivity index (χ4n) is 2.34. The lowest BCUT2D eigenvalue weighted by Crippen LogP contribution is -2.45. The number of carbonyl (C=O) groups excluding carboxylic acids is 1. The lowest BCUT2D eigenvalue weighted by molar-refractivity contribution is -0.192. The molecule has 26 heavy (non-hydrogen) atoms. The van der Waals surface area contributed by atoms with E-state index in [9.17, 15) is 26.7 Å². The number of likely N-dealkylation sites (tertiary alicyclic amines) is 1. The fourth-order valence-corrected chi connectivity index (χ4v) is 2.34. The number of carboxylic acid groups (broad SMARTS) is 1. The van der Waals surface area contributed by atoms with Gasteiger partial charge in [-0.05, 0) is 24.1 Å². The van der Waals surface area contributed by atoms with Crippen molar-refractivity contribution in [3.05, 3.63) is 35.6 Å². The van der Waals surface area contributed by atoms with Crippen LogP contribution in [0.1, 0.15) is 24.8 Å². The molecule has 1 saturated heterocycles. The smallest absolute Gasteiger partial charge is 0.475 e. The maximum absolute atomic E-state index is 13.2. The number of benzene rings is 1. The van der Waals surface area contributed by atoms with Crippen molar-refractivity contribution in [2.24, 2.45) is 5.73 Å². The molecule has 0 saturated carbocycles. The van der Waals surface area contributed by atoms with Gasteiger partial charge in [0.25, 0.3) is 0 Å². The Hall–Kier alpha value is -2.23. The molecule has 2 rings (SSSR count). The Morgan fingerprint density at radius 3 is 2.35 bits per heavy atom. The van der Waals surface area contributed by atoms with Crippen LogP contribution in [0.4, 0.5) is 22.0 Å². The largest absolute Gasteiger partial charge is 0.490 e. The molecule has 10 heteroatoms. The highest BCUT2D eigenvalue weighted by Crippen LogP contribution is 2.22. The first kappa shape index (κ1) is 21.8. The molecule has 1 amide bonds. The summed E-state index contributed by atoms with van der Waals surface area (Å²) in [6.07, 6.45) is -5.67. The van der Waals surface area contributed by atoms with E-state index in [1.165, 1.54) is 17.0 Å². The number of carbonyl (C=O) groups is 2. The Balaban J connectivity index is 0.000000412. The van der Waals surface area contributed by atoms with Gasteiger partial charge in [0.2, 0.25) is 5.91 Å². The van der Waals surface area contributed by atoms with Crippen molar-refractivity contribution in [1.82, 2.24) is 4.90 Å². The van der Waals surface area contributed by atoms with Crippen LogP contribution in [-0.2, 0) is 9.59 Å². The van der Waals surface area contributed by atoms with Gasteiger partial charge in [-0.1, -0.05) is 19.1 Å². The lowest BCUT2D eigenvalue weighted by Gasteiger charge is -2.24. The predicted molar refractivity (Wildman–Crippen MR) is 82.6 cm³/mol. The van der Waals surface area contributed by atoms with Crippen LogP contribution in [0.2, 0.25) is 0 Å². The van der Waals surface area contributed by atoms with Crippen LogP contribution in [0.25, 0.3) is 0 Å². The maximum Gasteiger partial charge on any atom is 0.490 e. The third kappa shape index (κ3) is 6.25. The van der Waals surface area contributed by atoms with E-state index in [-0.39, 0.29) is 24.2 Å². The van der Waals surface area contributed by atoms with Crippen molar-refractivity contribution >= 4 is 11.9 Å². The molecule has 146 valence electrons. The molecule has 3 N–H and O–H groups in total. The number of carboxylic acids is 1. The molecule has 0 radical (unpaired) electrons. The molecule has 1 aromatic carbocycles. The van der Waals surface area contributed by atoms with Crippen LogP contribution in [0.5, 0.6) is 0 Å². The molecule has 1 fully saturated rings. The van der Waals surface area contributed by atoms with Crippen LogP contribution in [-0.4, -0.2) is 53.4 Å². The van der Waals surface area contributed by atoms with E-state index in [0.29, 0.717) is 18.5 Å². The summed E-state index contributed by atoms with van der Waals surface area (Å²) in [5.74, 6) is -3.68. The highest BCUT2D eigenvalue weighted by molar-refractivity contribution is 5.83. The summed E-state index contributed by atoms with van der Waals surface area (Å²) >= 11 is 0. The van der Waals surface area contributed by atoms with Crippen molar-refractivity contribution in [1.29, 1.82) is 0 Å². The molecule has 0 aliphatic carbocycles. The number of rotatable bonds is 3. The van der Waals surface area contributed by atoms with Gasteiger partial charge in [0.05, 0.1) is 12.6 Å². The van der Waals surface area contributed by atoms with E-state index in [1.807, 2.05) is 0 Å². The van der Waals surface area contributed by atoms with Gasteiger partial charge in [0.1, 0.15) is 12.0 Å². The van der Waals surface area contributed by atoms with Crippen molar-refractivity contribution < 1.29 is 36.6 Å². The number of hydrogen-bond acceptors (Lipinski definition) is 3. The number of halogens is 5. The third-order valence-corrected chi connectivity index (χ3v) is 3.88. The van der Waals surface area contributed by atoms with Gasteiger partial charge >= 0.3 is 12.1 Å². The molecule has 1 aromatic rings. The summed E-state index contributed by atoms with van der Waals surface area (Å²) in [4.78, 5) is 22.5. The number of nitrogens with zero attached hydrogens (tertiary/aromatic N) is 1. The summed E-state index contributed by atoms with van der Waals surface area (Å²) in [5, 5.41) is 7.12. The Labute approximate surface area is 146 Å². The van der Waals surface area contributed by atoms with E-state index in [2.05, 4.69) is 0 Å². The highest BCUT2D eigenvalue weighted by Gasteiger charge is 2.38. The van der Waals surface area contributed by atoms with Gasteiger partial charge in [-0.3, -0.25) is 4.79 Å². The number of aliphatic carboxylic acids is 1. The number of amides is 1. The second-order valence-corrected chi connectivity index (χ2v) is 5.84. The molecular formula is C16H19F5N2O3. The SMILES string of the molecule is C[C@@H](c1cccc(F)c1)[C@H](N)C(=O)N1CC[C@H](F)C1.O=C(O)C(F)(F)F. The van der Waals surface area contributed by atoms with Gasteiger partial charge in [-0.2, -0.15) is 13.2 Å². The van der Waals surface area contributed by atoms with Crippen molar-refractivity contribution in [2.75, 3.05) is 13.1 Å². The summed E-state index contributed by atoms with van der Waals surface area (Å²) in [5.41, 5.74) is 6.61. The van der Waals surface area contributed by atoms with E-state index >= 15 is 0 Å². The van der Waals surface area contributed by atoms with Crippen molar-refractivity contribution in [2.45, 2.75) is 37.7 Å². The molecular weight excluding hydrogens is 363 g/mol. The Kier molecular flexibility index (Phi) is 7.49. The second-order valence-electron chi connectivity index (χ2n) is 5.84. The second kappa shape index (κ2) is 8.93. The van der Waals surface area contributed by atoms with Gasteiger partial charge < -0.3 is 15.7 Å². The van der Waals surface area contributed by atoms with E-state index in [4.69, 9.17) is 15.6 Å². The number of alkyl halides is 4. The highest BCUT2D eigenvalue weighted by atomic mass is 19.4. The predicted octanol–water partition coefficient (Wildman–Crippen LogP) is 2.46. The first-order valence-electron chi connectivity index (χ1n) is 7.67. The Morgan fingerprint density at radius 2 is 1.92 bits per heavy atom. The van der Waals surface area contributed by atoms with Gasteiger partial charge in [0, 0.05) is 12.5 Å². The molecule has 5 nitrogen and oxygen atoms in total. The molecule has 3 atom stereocenters. The first-order chi connectivity index (χ1) is 11.9. The van der Waals surface area contributed by atoms with Crippen molar-refractivity contribution in [3.63, 3.8) is 0 Å². The van der Waals surface area contributed by atoms with Crippen LogP contribution in [0.3, 0.4) is 0 Å². The minimum Gasteiger partial charge on any atom is -0.475 e. The molecule has 1 aliphatic heterocycles. The third-order valence-electron chi connectivity index (χ3n) is 3.88. The topological polar surface area (TPSA) is 83.6 Å². The first-order valence-corrected chi connectivity index (χ1v) is 7.67. The van der Waals surface area contributed by atoms with Crippen LogP contribution < -0.4 is 5.73 Å². The van der Waals surface area contributed by atoms with E-state index in [0.717, 1.165) is 0 Å². The zero-order valence-corrected chi connectivity index (χ0v) is 13.8. The molecule has 0 unspecified atom stereocenters. The van der Waals surface area contributed by atoms with Crippen LogP contribution in [0, 0.1) is 5.82 Å². The van der Waals surface area contributed by atoms with Crippen LogP contribution >= 0.6 is 0 Å². The minimum atomic E-state index is -5.08. The molecule has 0 bridgehead atoms. The van der Waals surface area contributed by atoms with E-state index < -0.39 is 24.4 Å². The van der Waals surface area contributed by atoms with Gasteiger partial charge in [0.15, 0.2) is 0 Å². The maximum atomic E-state index is 13.2. The fraction of sp³-hybridized carbons (Fsp3) is 0.500. The van der Waals surface area contributed by atoms with Crippen molar-refractivity contribution in [3.8, 4) is 0 Å². The molecule has 0 aromatic heterocycles. The average molecular weight is 382 g/mol. The lowest BCUT2D eigenvalue weighted by atomic mass is 9.93. The van der Waals surface area contributed by atoms with Gasteiger partial charge in [-0.15, -0.1) is 0 Å².